The Morgan fingerprint density at radius 1 is 0.423 bits per heavy atom. The first-order valence-electron chi connectivity index (χ1n) is 9.82. The van der Waals surface area contributed by atoms with E-state index in [1.165, 1.54) is 55.7 Å². The van der Waals surface area contributed by atoms with E-state index in [1.807, 2.05) is 0 Å². The van der Waals surface area contributed by atoms with E-state index in [-0.39, 0.29) is 22.4 Å². The molecule has 26 heavy (non-hydrogen) atoms. The van der Waals surface area contributed by atoms with Crippen LogP contribution in [-0.2, 0) is 31.9 Å². The lowest BCUT2D eigenvalue weighted by Gasteiger charge is -2.36. The molecule has 138 valence electrons. The van der Waals surface area contributed by atoms with Gasteiger partial charge in [0.15, 0.2) is 0 Å². The summed E-state index contributed by atoms with van der Waals surface area (Å²) < 4.78 is 13.5. The van der Waals surface area contributed by atoms with E-state index >= 15 is 0 Å². The molecule has 4 aliphatic heterocycles. The van der Waals surface area contributed by atoms with Crippen LogP contribution in [0.2, 0.25) is 0 Å². The molecule has 4 unspecified atom stereocenters. The van der Waals surface area contributed by atoms with Crippen molar-refractivity contribution in [1.82, 2.24) is 0 Å². The maximum absolute atomic E-state index is 6.76. The highest BCUT2D eigenvalue weighted by molar-refractivity contribution is 5.71. The van der Waals surface area contributed by atoms with E-state index in [9.17, 15) is 0 Å². The minimum atomic E-state index is -0.316. The quantitative estimate of drug-likeness (QED) is 0.540. The first-order valence-corrected chi connectivity index (χ1v) is 9.82. The Hall–Kier alpha value is -1.38. The fourth-order valence-electron chi connectivity index (χ4n) is 6.89. The van der Waals surface area contributed by atoms with Crippen LogP contribution in [-0.4, -0.2) is 0 Å². The summed E-state index contributed by atoms with van der Waals surface area (Å²) in [5.41, 5.74) is 12.6. The molecule has 2 nitrogen and oxygen atoms in total. The molecule has 0 spiro atoms. The van der Waals surface area contributed by atoms with Gasteiger partial charge in [-0.2, -0.15) is 0 Å². The van der Waals surface area contributed by atoms with Crippen LogP contribution < -0.4 is 0 Å². The van der Waals surface area contributed by atoms with E-state index in [1.54, 1.807) is 0 Å². The Balaban J connectivity index is 1.96. The molecule has 4 bridgehead atoms. The predicted molar refractivity (Wildman–Crippen MR) is 104 cm³/mol. The van der Waals surface area contributed by atoms with Gasteiger partial charge in [-0.1, -0.05) is 0 Å². The average molecular weight is 351 g/mol. The lowest BCUT2D eigenvalue weighted by molar-refractivity contribution is -0.0622. The molecule has 4 aliphatic rings. The van der Waals surface area contributed by atoms with Crippen LogP contribution in [0.4, 0.5) is 0 Å². The zero-order chi connectivity index (χ0) is 19.2. The molecule has 0 aromatic heterocycles. The molecule has 1 aromatic carbocycles. The van der Waals surface area contributed by atoms with Crippen molar-refractivity contribution >= 4 is 0 Å². The fourth-order valence-corrected chi connectivity index (χ4v) is 6.89. The number of benzene rings is 1. The minimum Gasteiger partial charge on any atom is -0.351 e. The van der Waals surface area contributed by atoms with Gasteiger partial charge >= 0.3 is 0 Å². The summed E-state index contributed by atoms with van der Waals surface area (Å²) in [7, 11) is 0. The Morgan fingerprint density at radius 2 is 0.615 bits per heavy atom. The Labute approximate surface area is 157 Å². The summed E-state index contributed by atoms with van der Waals surface area (Å²) >= 11 is 0. The standard InChI is InChI=1S/C24H30O2/c1-11-17-19(23(9)15(5)13(3)21(17,7)25-23)12(2)20-18(11)22(8)14(4)16(6)24(20,10)26-22/h1-10H3. The van der Waals surface area contributed by atoms with Crippen LogP contribution in [0.5, 0.6) is 0 Å². The summed E-state index contributed by atoms with van der Waals surface area (Å²) in [6, 6.07) is 0. The van der Waals surface area contributed by atoms with Crippen molar-refractivity contribution in [2.75, 3.05) is 0 Å². The SMILES string of the molecule is CC1=C(C)C2(C)OC1(C)c1c(C)c3c(c(C)c12)C1(C)OC3(C)C(C)=C1C. The van der Waals surface area contributed by atoms with Crippen LogP contribution in [0.1, 0.15) is 88.8 Å². The second kappa shape index (κ2) is 4.05. The summed E-state index contributed by atoms with van der Waals surface area (Å²) in [4.78, 5) is 0. The van der Waals surface area contributed by atoms with Gasteiger partial charge in [-0.25, -0.2) is 0 Å². The van der Waals surface area contributed by atoms with E-state index in [0.29, 0.717) is 0 Å². The molecule has 2 heteroatoms. The summed E-state index contributed by atoms with van der Waals surface area (Å²) in [5, 5.41) is 0. The van der Waals surface area contributed by atoms with Crippen molar-refractivity contribution < 1.29 is 9.47 Å². The smallest absolute Gasteiger partial charge is 0.114 e. The molecule has 5 rings (SSSR count). The van der Waals surface area contributed by atoms with E-state index in [2.05, 4.69) is 69.2 Å². The van der Waals surface area contributed by atoms with Crippen molar-refractivity contribution in [3.05, 3.63) is 55.7 Å². The third-order valence-electron chi connectivity index (χ3n) is 8.71. The first kappa shape index (κ1) is 16.8. The molecule has 0 fully saturated rings. The fraction of sp³-hybridized carbons (Fsp3) is 0.583. The second-order valence-electron chi connectivity index (χ2n) is 9.59. The molecule has 0 amide bonds. The summed E-state index contributed by atoms with van der Waals surface area (Å²) in [6.45, 7) is 22.6. The Kier molecular flexibility index (Phi) is 2.61. The zero-order valence-corrected chi connectivity index (χ0v) is 17.8. The van der Waals surface area contributed by atoms with Crippen molar-refractivity contribution in [2.45, 2.75) is 91.6 Å². The molecule has 0 saturated carbocycles. The van der Waals surface area contributed by atoms with Gasteiger partial charge in [0.1, 0.15) is 22.4 Å². The highest BCUT2D eigenvalue weighted by Crippen LogP contribution is 2.68. The van der Waals surface area contributed by atoms with Crippen molar-refractivity contribution in [3.63, 3.8) is 0 Å². The van der Waals surface area contributed by atoms with Gasteiger partial charge in [-0.3, -0.25) is 0 Å². The largest absolute Gasteiger partial charge is 0.351 e. The minimum absolute atomic E-state index is 0.316. The molecule has 0 radical (unpaired) electrons. The van der Waals surface area contributed by atoms with Gasteiger partial charge in [0, 0.05) is 0 Å². The normalized spacial score (nSPS) is 42.2. The Bertz CT molecular complexity index is 856. The van der Waals surface area contributed by atoms with Crippen LogP contribution in [0.25, 0.3) is 0 Å². The van der Waals surface area contributed by atoms with Gasteiger partial charge < -0.3 is 9.47 Å². The van der Waals surface area contributed by atoms with Crippen LogP contribution in [0.15, 0.2) is 22.3 Å². The first-order chi connectivity index (χ1) is 11.9. The number of rotatable bonds is 0. The third kappa shape index (κ3) is 1.29. The van der Waals surface area contributed by atoms with Gasteiger partial charge in [-0.05, 0) is 125 Å². The summed E-state index contributed by atoms with van der Waals surface area (Å²) in [6.07, 6.45) is 0. The highest BCUT2D eigenvalue weighted by Gasteiger charge is 2.64. The van der Waals surface area contributed by atoms with E-state index in [0.717, 1.165) is 0 Å². The average Bonchev–Trinajstić information content (AvgIpc) is 3.09. The second-order valence-corrected chi connectivity index (χ2v) is 9.59. The van der Waals surface area contributed by atoms with Crippen molar-refractivity contribution in [1.29, 1.82) is 0 Å². The van der Waals surface area contributed by atoms with E-state index in [4.69, 9.17) is 9.47 Å². The molecular formula is C24H30O2. The van der Waals surface area contributed by atoms with Gasteiger partial charge in [0.25, 0.3) is 0 Å². The number of ether oxygens (including phenoxy) is 2. The molecule has 4 heterocycles. The molecule has 0 saturated heterocycles. The lowest BCUT2D eigenvalue weighted by atomic mass is 9.64. The zero-order valence-electron chi connectivity index (χ0n) is 17.8. The van der Waals surface area contributed by atoms with E-state index < -0.39 is 0 Å². The monoisotopic (exact) mass is 350 g/mol. The predicted octanol–water partition coefficient (Wildman–Crippen LogP) is 5.92. The van der Waals surface area contributed by atoms with Crippen molar-refractivity contribution in [2.24, 2.45) is 0 Å². The van der Waals surface area contributed by atoms with Crippen molar-refractivity contribution in [3.8, 4) is 0 Å². The van der Waals surface area contributed by atoms with Gasteiger partial charge in [0.05, 0.1) is 0 Å². The highest BCUT2D eigenvalue weighted by atomic mass is 16.5. The van der Waals surface area contributed by atoms with Gasteiger partial charge in [0.2, 0.25) is 0 Å². The summed E-state index contributed by atoms with van der Waals surface area (Å²) in [5.74, 6) is 0. The number of hydrogen-bond acceptors (Lipinski definition) is 2. The maximum Gasteiger partial charge on any atom is 0.114 e. The molecule has 0 aliphatic carbocycles. The molecular weight excluding hydrogens is 320 g/mol. The molecule has 4 atom stereocenters. The Morgan fingerprint density at radius 3 is 0.808 bits per heavy atom. The third-order valence-corrected chi connectivity index (χ3v) is 8.71. The van der Waals surface area contributed by atoms with Crippen LogP contribution in [0.3, 0.4) is 0 Å². The maximum atomic E-state index is 6.76. The van der Waals surface area contributed by atoms with Gasteiger partial charge in [-0.15, -0.1) is 0 Å². The number of fused-ring (bicyclic) bond motifs is 10. The molecule has 0 N–H and O–H groups in total. The number of hydrogen-bond donors (Lipinski definition) is 0. The topological polar surface area (TPSA) is 18.5 Å². The van der Waals surface area contributed by atoms with Crippen LogP contribution >= 0.6 is 0 Å². The van der Waals surface area contributed by atoms with Crippen LogP contribution in [0, 0.1) is 13.8 Å². The molecule has 1 aromatic rings. The lowest BCUT2D eigenvalue weighted by Crippen LogP contribution is -2.30.